The van der Waals surface area contributed by atoms with E-state index in [2.05, 4.69) is 31.5 Å². The van der Waals surface area contributed by atoms with Crippen LogP contribution in [0.4, 0.5) is 5.82 Å². The summed E-state index contributed by atoms with van der Waals surface area (Å²) in [5.41, 5.74) is 3.57. The number of hydrogen-bond acceptors (Lipinski definition) is 6. The quantitative estimate of drug-likeness (QED) is 0.455. The van der Waals surface area contributed by atoms with Gasteiger partial charge in [0.1, 0.15) is 17.3 Å². The van der Waals surface area contributed by atoms with Gasteiger partial charge in [0.15, 0.2) is 0 Å². The SMILES string of the molecule is CNC(=O)c1cccc(O[C@H]2CC[C@@H](n3nc(-c4cnn(C)c4)c4cnc(NC)cc43)CC2)c1. The van der Waals surface area contributed by atoms with Gasteiger partial charge in [-0.25, -0.2) is 4.98 Å². The maximum Gasteiger partial charge on any atom is 0.251 e. The molecule has 1 saturated carbocycles. The summed E-state index contributed by atoms with van der Waals surface area (Å²) in [6.07, 6.45) is 9.59. The molecule has 0 spiro atoms. The first-order valence-electron chi connectivity index (χ1n) is 11.6. The second kappa shape index (κ2) is 9.17. The Balaban J connectivity index is 1.36. The van der Waals surface area contributed by atoms with Gasteiger partial charge < -0.3 is 15.4 Å². The molecule has 1 aliphatic carbocycles. The lowest BCUT2D eigenvalue weighted by atomic mass is 9.93. The minimum Gasteiger partial charge on any atom is -0.490 e. The van der Waals surface area contributed by atoms with Gasteiger partial charge in [-0.15, -0.1) is 0 Å². The standard InChI is InChI=1S/C25H29N7O2/c1-26-23-12-22-21(14-28-23)24(17-13-29-31(3)15-17)30-32(22)18-7-9-19(10-8-18)34-20-6-4-5-16(11-20)25(33)27-2/h4-6,11-15,18-19H,7-10H2,1-3H3,(H,26,28)(H,27,33)/t18-,19+. The average Bonchev–Trinajstić information content (AvgIpc) is 3.47. The predicted octanol–water partition coefficient (Wildman–Crippen LogP) is 3.80. The van der Waals surface area contributed by atoms with Crippen LogP contribution >= 0.6 is 0 Å². The fourth-order valence-corrected chi connectivity index (χ4v) is 4.66. The topological polar surface area (TPSA) is 98.9 Å². The Kier molecular flexibility index (Phi) is 5.91. The van der Waals surface area contributed by atoms with E-state index in [1.807, 2.05) is 44.8 Å². The maximum atomic E-state index is 11.9. The van der Waals surface area contributed by atoms with Crippen molar-refractivity contribution >= 4 is 22.6 Å². The lowest BCUT2D eigenvalue weighted by molar-refractivity contribution is 0.0961. The Bertz CT molecular complexity index is 1320. The molecule has 9 nitrogen and oxygen atoms in total. The third kappa shape index (κ3) is 4.21. The van der Waals surface area contributed by atoms with Crippen molar-refractivity contribution in [3.8, 4) is 17.0 Å². The molecule has 0 aliphatic heterocycles. The van der Waals surface area contributed by atoms with Crippen LogP contribution < -0.4 is 15.4 Å². The summed E-state index contributed by atoms with van der Waals surface area (Å²) in [7, 11) is 5.41. The number of rotatable bonds is 6. The lowest BCUT2D eigenvalue weighted by Crippen LogP contribution is -2.26. The molecular formula is C25H29N7O2. The van der Waals surface area contributed by atoms with Crippen molar-refractivity contribution in [3.05, 3.63) is 54.5 Å². The Hall–Kier alpha value is -3.88. The Morgan fingerprint density at radius 1 is 1.12 bits per heavy atom. The van der Waals surface area contributed by atoms with Crippen LogP contribution in [0.1, 0.15) is 42.1 Å². The maximum absolute atomic E-state index is 11.9. The molecule has 34 heavy (non-hydrogen) atoms. The average molecular weight is 460 g/mol. The van der Waals surface area contributed by atoms with Crippen molar-refractivity contribution in [2.45, 2.75) is 37.8 Å². The first-order chi connectivity index (χ1) is 16.6. The number of carbonyl (C=O) groups excluding carboxylic acids is 1. The zero-order valence-electron chi connectivity index (χ0n) is 19.7. The third-order valence-electron chi connectivity index (χ3n) is 6.44. The first kappa shape index (κ1) is 21.9. The van der Waals surface area contributed by atoms with Gasteiger partial charge in [0.25, 0.3) is 5.91 Å². The minimum atomic E-state index is -0.112. The molecule has 3 aromatic heterocycles. The molecule has 0 atom stereocenters. The second-order valence-corrected chi connectivity index (χ2v) is 8.69. The number of carbonyl (C=O) groups is 1. The zero-order valence-corrected chi connectivity index (χ0v) is 19.7. The first-order valence-corrected chi connectivity index (χ1v) is 11.6. The van der Waals surface area contributed by atoms with E-state index in [4.69, 9.17) is 9.84 Å². The van der Waals surface area contributed by atoms with E-state index in [-0.39, 0.29) is 18.1 Å². The number of nitrogens with zero attached hydrogens (tertiary/aromatic N) is 5. The monoisotopic (exact) mass is 459 g/mol. The van der Waals surface area contributed by atoms with Crippen LogP contribution in [0.15, 0.2) is 48.9 Å². The van der Waals surface area contributed by atoms with E-state index in [9.17, 15) is 4.79 Å². The number of benzene rings is 1. The molecule has 176 valence electrons. The molecule has 1 fully saturated rings. The predicted molar refractivity (Wildman–Crippen MR) is 131 cm³/mol. The van der Waals surface area contributed by atoms with Gasteiger partial charge in [0.05, 0.1) is 23.9 Å². The molecule has 0 radical (unpaired) electrons. The highest BCUT2D eigenvalue weighted by molar-refractivity contribution is 5.94. The molecule has 1 amide bonds. The summed E-state index contributed by atoms with van der Waals surface area (Å²) in [5, 5.41) is 16.2. The number of aryl methyl sites for hydroxylation is 1. The van der Waals surface area contributed by atoms with Crippen molar-refractivity contribution in [2.75, 3.05) is 19.4 Å². The smallest absolute Gasteiger partial charge is 0.251 e. The van der Waals surface area contributed by atoms with Gasteiger partial charge in [0.2, 0.25) is 0 Å². The van der Waals surface area contributed by atoms with Crippen LogP contribution in [0, 0.1) is 0 Å². The van der Waals surface area contributed by atoms with Crippen molar-refractivity contribution < 1.29 is 9.53 Å². The highest BCUT2D eigenvalue weighted by atomic mass is 16.5. The van der Waals surface area contributed by atoms with Gasteiger partial charge in [-0.1, -0.05) is 6.07 Å². The molecule has 1 aromatic carbocycles. The van der Waals surface area contributed by atoms with Crippen molar-refractivity contribution in [1.29, 1.82) is 0 Å². The normalized spacial score (nSPS) is 18.1. The molecule has 0 bridgehead atoms. The van der Waals surface area contributed by atoms with Gasteiger partial charge in [0, 0.05) is 56.1 Å². The number of pyridine rings is 1. The van der Waals surface area contributed by atoms with Crippen LogP contribution in [0.3, 0.4) is 0 Å². The van der Waals surface area contributed by atoms with E-state index in [0.29, 0.717) is 5.56 Å². The summed E-state index contributed by atoms with van der Waals surface area (Å²) in [6, 6.07) is 9.70. The molecule has 5 rings (SSSR count). The number of hydrogen-bond donors (Lipinski definition) is 2. The third-order valence-corrected chi connectivity index (χ3v) is 6.44. The summed E-state index contributed by atoms with van der Waals surface area (Å²) >= 11 is 0. The van der Waals surface area contributed by atoms with Crippen LogP contribution in [-0.4, -0.2) is 50.7 Å². The molecule has 9 heteroatoms. The number of ether oxygens (including phenoxy) is 1. The van der Waals surface area contributed by atoms with Crippen molar-refractivity contribution in [3.63, 3.8) is 0 Å². The molecule has 0 saturated heterocycles. The van der Waals surface area contributed by atoms with Gasteiger partial charge in [-0.2, -0.15) is 10.2 Å². The number of amides is 1. The van der Waals surface area contributed by atoms with Crippen LogP contribution in [0.2, 0.25) is 0 Å². The fraction of sp³-hybridized carbons (Fsp3) is 0.360. The Morgan fingerprint density at radius 3 is 2.65 bits per heavy atom. The largest absolute Gasteiger partial charge is 0.490 e. The molecule has 1 aliphatic rings. The highest BCUT2D eigenvalue weighted by Gasteiger charge is 2.27. The van der Waals surface area contributed by atoms with Crippen LogP contribution in [0.5, 0.6) is 5.75 Å². The number of anilines is 1. The lowest BCUT2D eigenvalue weighted by Gasteiger charge is -2.29. The second-order valence-electron chi connectivity index (χ2n) is 8.69. The number of nitrogens with one attached hydrogen (secondary N) is 2. The summed E-state index contributed by atoms with van der Waals surface area (Å²) in [6.45, 7) is 0. The molecule has 4 aromatic rings. The highest BCUT2D eigenvalue weighted by Crippen LogP contribution is 2.36. The fourth-order valence-electron chi connectivity index (χ4n) is 4.66. The minimum absolute atomic E-state index is 0.112. The van der Waals surface area contributed by atoms with E-state index >= 15 is 0 Å². The number of fused-ring (bicyclic) bond motifs is 1. The number of aromatic nitrogens is 5. The van der Waals surface area contributed by atoms with E-state index in [0.717, 1.165) is 59.4 Å². The molecular weight excluding hydrogens is 430 g/mol. The Morgan fingerprint density at radius 2 is 1.94 bits per heavy atom. The van der Waals surface area contributed by atoms with E-state index < -0.39 is 0 Å². The van der Waals surface area contributed by atoms with Gasteiger partial charge in [-0.05, 0) is 43.9 Å². The van der Waals surface area contributed by atoms with Crippen molar-refractivity contribution in [1.82, 2.24) is 29.9 Å². The van der Waals surface area contributed by atoms with Crippen molar-refractivity contribution in [2.24, 2.45) is 7.05 Å². The zero-order chi connectivity index (χ0) is 23.7. The summed E-state index contributed by atoms with van der Waals surface area (Å²) < 4.78 is 10.2. The summed E-state index contributed by atoms with van der Waals surface area (Å²) in [4.78, 5) is 16.4. The van der Waals surface area contributed by atoms with Gasteiger partial charge in [-0.3, -0.25) is 14.2 Å². The van der Waals surface area contributed by atoms with E-state index in [1.165, 1.54) is 0 Å². The molecule has 3 heterocycles. The summed E-state index contributed by atoms with van der Waals surface area (Å²) in [5.74, 6) is 1.44. The van der Waals surface area contributed by atoms with Crippen LogP contribution in [0.25, 0.3) is 22.2 Å². The van der Waals surface area contributed by atoms with Crippen LogP contribution in [-0.2, 0) is 7.05 Å². The van der Waals surface area contributed by atoms with E-state index in [1.54, 1.807) is 23.9 Å². The molecule has 2 N–H and O–H groups in total. The van der Waals surface area contributed by atoms with Gasteiger partial charge >= 0.3 is 0 Å². The molecule has 0 unspecified atom stereocenters. The Labute approximate surface area is 198 Å².